The lowest BCUT2D eigenvalue weighted by atomic mass is 10.1. The Hall–Kier alpha value is -2.94. The Balaban J connectivity index is 1.87. The van der Waals surface area contributed by atoms with E-state index in [0.29, 0.717) is 21.4 Å². The number of carbonyl (C=O) groups excluding carboxylic acids is 2. The van der Waals surface area contributed by atoms with Crippen molar-refractivity contribution in [2.24, 2.45) is 0 Å². The number of fused-ring (bicyclic) bond motifs is 1. The lowest BCUT2D eigenvalue weighted by Gasteiger charge is -2.14. The third-order valence-corrected chi connectivity index (χ3v) is 6.11. The first-order valence-electron chi connectivity index (χ1n) is 9.15. The average molecular weight is 470 g/mol. The molecule has 1 fully saturated rings. The van der Waals surface area contributed by atoms with Gasteiger partial charge in [0.2, 0.25) is 5.91 Å². The Kier molecular flexibility index (Phi) is 5.95. The monoisotopic (exact) mass is 469 g/mol. The van der Waals surface area contributed by atoms with Crippen LogP contribution in [0.3, 0.4) is 0 Å². The first kappa shape index (κ1) is 21.3. The summed E-state index contributed by atoms with van der Waals surface area (Å²) in [4.78, 5) is 31.4. The number of nitrogens with one attached hydrogen (secondary N) is 1. The number of hydrogen-bond donors (Lipinski definition) is 1. The number of thiocarbonyl (C=S) groups is 1. The van der Waals surface area contributed by atoms with E-state index in [4.69, 9.17) is 33.5 Å². The molecule has 1 aliphatic heterocycles. The molecule has 0 aliphatic carbocycles. The Morgan fingerprint density at radius 2 is 1.97 bits per heavy atom. The number of methoxy groups -OCH3 is 1. The number of rotatable bonds is 4. The highest BCUT2D eigenvalue weighted by molar-refractivity contribution is 7.99. The van der Waals surface area contributed by atoms with E-state index in [1.165, 1.54) is 23.6 Å². The third kappa shape index (κ3) is 4.41. The Bertz CT molecular complexity index is 1260. The smallest absolute Gasteiger partial charge is 0.274 e. The van der Waals surface area contributed by atoms with E-state index in [-0.39, 0.29) is 16.7 Å². The van der Waals surface area contributed by atoms with Crippen LogP contribution in [0.25, 0.3) is 17.0 Å². The van der Waals surface area contributed by atoms with Crippen LogP contribution in [-0.2, 0) is 9.59 Å². The summed E-state index contributed by atoms with van der Waals surface area (Å²) in [5.74, 6) is -0.0886. The Labute approximate surface area is 193 Å². The molecule has 1 saturated heterocycles. The lowest BCUT2D eigenvalue weighted by Crippen LogP contribution is -2.31. The van der Waals surface area contributed by atoms with Gasteiger partial charge in [-0.25, -0.2) is 4.98 Å². The van der Waals surface area contributed by atoms with Crippen LogP contribution in [0.2, 0.25) is 5.02 Å². The van der Waals surface area contributed by atoms with E-state index in [2.05, 4.69) is 5.32 Å². The summed E-state index contributed by atoms with van der Waals surface area (Å²) in [6.45, 7) is 1.36. The minimum atomic E-state index is -0.433. The van der Waals surface area contributed by atoms with Crippen molar-refractivity contribution in [1.29, 1.82) is 0 Å². The summed E-state index contributed by atoms with van der Waals surface area (Å²) < 4.78 is 5.31. The second-order valence-corrected chi connectivity index (χ2v) is 8.53. The molecule has 1 N–H and O–H groups in total. The van der Waals surface area contributed by atoms with Gasteiger partial charge in [0.1, 0.15) is 16.5 Å². The summed E-state index contributed by atoms with van der Waals surface area (Å²) in [6.07, 6.45) is 1.63. The van der Waals surface area contributed by atoms with E-state index < -0.39 is 5.91 Å². The number of nitrogens with zero attached hydrogens (tertiary/aromatic N) is 2. The van der Waals surface area contributed by atoms with Gasteiger partial charge in [0.25, 0.3) is 5.91 Å². The summed E-state index contributed by atoms with van der Waals surface area (Å²) in [5.41, 5.74) is 1.58. The summed E-state index contributed by atoms with van der Waals surface area (Å²) in [5, 5.41) is 4.74. The Morgan fingerprint density at radius 1 is 1.23 bits per heavy atom. The first-order valence-corrected chi connectivity index (χ1v) is 10.8. The molecule has 0 unspecified atom stereocenters. The number of benzene rings is 2. The van der Waals surface area contributed by atoms with E-state index >= 15 is 0 Å². The first-order chi connectivity index (χ1) is 14.9. The van der Waals surface area contributed by atoms with E-state index in [1.54, 1.807) is 25.3 Å². The maximum Gasteiger partial charge on any atom is 0.274 e. The van der Waals surface area contributed by atoms with Gasteiger partial charge in [0.15, 0.2) is 5.11 Å². The van der Waals surface area contributed by atoms with Crippen LogP contribution in [-0.4, -0.2) is 33.9 Å². The van der Waals surface area contributed by atoms with Gasteiger partial charge in [-0.2, -0.15) is 0 Å². The van der Waals surface area contributed by atoms with Crippen LogP contribution in [0.4, 0.5) is 0 Å². The predicted molar refractivity (Wildman–Crippen MR) is 125 cm³/mol. The molecule has 4 rings (SSSR count). The van der Waals surface area contributed by atoms with Gasteiger partial charge >= 0.3 is 0 Å². The molecule has 9 heteroatoms. The highest BCUT2D eigenvalue weighted by Crippen LogP contribution is 2.34. The van der Waals surface area contributed by atoms with Crippen molar-refractivity contribution in [2.75, 3.05) is 7.11 Å². The average Bonchev–Trinajstić information content (AvgIpc) is 3.02. The summed E-state index contributed by atoms with van der Waals surface area (Å²) in [6, 6.07) is 14.9. The van der Waals surface area contributed by atoms with Crippen LogP contribution in [0.5, 0.6) is 5.75 Å². The highest BCUT2D eigenvalue weighted by Gasteiger charge is 2.33. The van der Waals surface area contributed by atoms with Crippen LogP contribution in [0, 0.1) is 0 Å². The maximum absolute atomic E-state index is 12.4. The molecule has 1 aliphatic rings. The molecule has 0 bridgehead atoms. The van der Waals surface area contributed by atoms with Crippen LogP contribution in [0.15, 0.2) is 64.1 Å². The molecular formula is C22H16ClN3O3S2. The standard InChI is InChI=1S/C22H16ClN3O3S2/c1-12(27)26-19(20(28)25-22(26)30)10-14-9-13-3-6-16(29-2)11-18(13)24-21(14)31-17-7-4-15(23)5-8-17/h3-11H,1-2H3,(H,25,28,30). The zero-order valence-corrected chi connectivity index (χ0v) is 18.9. The van der Waals surface area contributed by atoms with Gasteiger partial charge in [0.05, 0.1) is 12.6 Å². The van der Waals surface area contributed by atoms with Crippen LogP contribution >= 0.6 is 35.6 Å². The van der Waals surface area contributed by atoms with Gasteiger partial charge < -0.3 is 4.74 Å². The molecule has 6 nitrogen and oxygen atoms in total. The van der Waals surface area contributed by atoms with Crippen LogP contribution < -0.4 is 10.1 Å². The van der Waals surface area contributed by atoms with Crippen molar-refractivity contribution in [3.05, 3.63) is 64.8 Å². The van der Waals surface area contributed by atoms with Crippen molar-refractivity contribution < 1.29 is 14.3 Å². The quantitative estimate of drug-likeness (QED) is 0.443. The number of ether oxygens (including phenoxy) is 1. The maximum atomic E-state index is 12.4. The number of pyridine rings is 1. The van der Waals surface area contributed by atoms with Crippen molar-refractivity contribution >= 4 is 69.5 Å². The number of carbonyl (C=O) groups is 2. The summed E-state index contributed by atoms with van der Waals surface area (Å²) >= 11 is 12.6. The van der Waals surface area contributed by atoms with Crippen LogP contribution in [0.1, 0.15) is 12.5 Å². The van der Waals surface area contributed by atoms with Gasteiger partial charge in [-0.3, -0.25) is 19.8 Å². The fraction of sp³-hybridized carbons (Fsp3) is 0.0909. The van der Waals surface area contributed by atoms with E-state index in [0.717, 1.165) is 15.8 Å². The SMILES string of the molecule is COc1ccc2cc(C=C3C(=O)NC(=S)N3C(C)=O)c(Sc3ccc(Cl)cc3)nc2c1. The summed E-state index contributed by atoms with van der Waals surface area (Å²) in [7, 11) is 1.60. The van der Waals surface area contributed by atoms with E-state index in [9.17, 15) is 9.59 Å². The molecule has 3 aromatic rings. The molecule has 2 amide bonds. The molecule has 2 aromatic carbocycles. The second kappa shape index (κ2) is 8.66. The van der Waals surface area contributed by atoms with Gasteiger partial charge in [0, 0.05) is 33.9 Å². The molecule has 0 saturated carbocycles. The zero-order chi connectivity index (χ0) is 22.1. The normalized spacial score (nSPS) is 14.9. The zero-order valence-electron chi connectivity index (χ0n) is 16.5. The van der Waals surface area contributed by atoms with Crippen molar-refractivity contribution in [3.63, 3.8) is 0 Å². The minimum Gasteiger partial charge on any atom is -0.497 e. The molecular weight excluding hydrogens is 454 g/mol. The highest BCUT2D eigenvalue weighted by atomic mass is 35.5. The molecule has 2 heterocycles. The molecule has 0 radical (unpaired) electrons. The van der Waals surface area contributed by atoms with Crippen molar-refractivity contribution in [1.82, 2.24) is 15.2 Å². The third-order valence-electron chi connectivity index (χ3n) is 4.55. The number of halogens is 1. The van der Waals surface area contributed by atoms with Crippen molar-refractivity contribution in [3.8, 4) is 5.75 Å². The number of hydrogen-bond acceptors (Lipinski definition) is 6. The molecule has 0 spiro atoms. The number of aromatic nitrogens is 1. The second-order valence-electron chi connectivity index (χ2n) is 6.64. The van der Waals surface area contributed by atoms with Crippen molar-refractivity contribution in [2.45, 2.75) is 16.8 Å². The van der Waals surface area contributed by atoms with Gasteiger partial charge in [-0.1, -0.05) is 23.4 Å². The Morgan fingerprint density at radius 3 is 2.65 bits per heavy atom. The van der Waals surface area contributed by atoms with Gasteiger partial charge in [-0.05, 0) is 60.8 Å². The molecule has 31 heavy (non-hydrogen) atoms. The largest absolute Gasteiger partial charge is 0.497 e. The topological polar surface area (TPSA) is 71.5 Å². The molecule has 1 aromatic heterocycles. The van der Waals surface area contributed by atoms with Gasteiger partial charge in [-0.15, -0.1) is 0 Å². The fourth-order valence-corrected chi connectivity index (χ4v) is 4.41. The lowest BCUT2D eigenvalue weighted by molar-refractivity contribution is -0.125. The minimum absolute atomic E-state index is 0.0640. The predicted octanol–water partition coefficient (Wildman–Crippen LogP) is 4.65. The molecule has 0 atom stereocenters. The van der Waals surface area contributed by atoms with E-state index in [1.807, 2.05) is 36.4 Å². The molecule has 156 valence electrons. The number of amides is 2. The fourth-order valence-electron chi connectivity index (χ4n) is 3.09.